The summed E-state index contributed by atoms with van der Waals surface area (Å²) in [6.45, 7) is 2.10. The largest absolute Gasteiger partial charge is 0.497 e. The van der Waals surface area contributed by atoms with Gasteiger partial charge >= 0.3 is 0 Å². The number of nitrogen functional groups attached to an aromatic ring is 1. The second kappa shape index (κ2) is 5.61. The Kier molecular flexibility index (Phi) is 3.66. The molecule has 1 aromatic heterocycles. The number of nitrogens with zero attached hydrogens (tertiary/aromatic N) is 1. The summed E-state index contributed by atoms with van der Waals surface area (Å²) in [5.74, 6) is 0.856. The van der Waals surface area contributed by atoms with Gasteiger partial charge in [-0.2, -0.15) is 0 Å². The predicted octanol–water partition coefficient (Wildman–Crippen LogP) is 4.06. The number of aromatic nitrogens is 1. The van der Waals surface area contributed by atoms with Crippen LogP contribution in [0.2, 0.25) is 0 Å². The van der Waals surface area contributed by atoms with Gasteiger partial charge in [-0.05, 0) is 36.8 Å². The van der Waals surface area contributed by atoms with Crippen molar-refractivity contribution >= 4 is 32.9 Å². The number of methoxy groups -OCH3 is 1. The second-order valence-corrected chi connectivity index (χ2v) is 5.75. The molecule has 1 atom stereocenters. The molecule has 0 spiro atoms. The SMILES string of the molecule is COc1ccc(C(C)Nc2ccc3scnc3c2N)cc1. The van der Waals surface area contributed by atoms with Crippen molar-refractivity contribution in [3.63, 3.8) is 0 Å². The number of fused-ring (bicyclic) bond motifs is 1. The number of hydrogen-bond donors (Lipinski definition) is 2. The molecule has 3 aromatic rings. The average Bonchev–Trinajstić information content (AvgIpc) is 2.99. The van der Waals surface area contributed by atoms with Crippen molar-refractivity contribution in [1.29, 1.82) is 0 Å². The van der Waals surface area contributed by atoms with E-state index < -0.39 is 0 Å². The summed E-state index contributed by atoms with van der Waals surface area (Å²) in [7, 11) is 1.67. The van der Waals surface area contributed by atoms with Crippen LogP contribution in [0.4, 0.5) is 11.4 Å². The van der Waals surface area contributed by atoms with Gasteiger partial charge in [0.1, 0.15) is 11.3 Å². The Balaban J connectivity index is 1.84. The zero-order valence-electron chi connectivity index (χ0n) is 12.0. The maximum absolute atomic E-state index is 6.20. The monoisotopic (exact) mass is 299 g/mol. The Bertz CT molecular complexity index is 752. The molecule has 0 aliphatic heterocycles. The van der Waals surface area contributed by atoms with Crippen LogP contribution >= 0.6 is 11.3 Å². The molecular formula is C16H17N3OS. The summed E-state index contributed by atoms with van der Waals surface area (Å²) in [6, 6.07) is 12.2. The van der Waals surface area contributed by atoms with Crippen molar-refractivity contribution in [2.24, 2.45) is 0 Å². The smallest absolute Gasteiger partial charge is 0.118 e. The van der Waals surface area contributed by atoms with Gasteiger partial charge in [-0.1, -0.05) is 12.1 Å². The van der Waals surface area contributed by atoms with Crippen molar-refractivity contribution in [3.8, 4) is 5.75 Å². The zero-order chi connectivity index (χ0) is 14.8. The molecule has 108 valence electrons. The molecule has 0 amide bonds. The van der Waals surface area contributed by atoms with Gasteiger partial charge in [-0.25, -0.2) is 4.98 Å². The van der Waals surface area contributed by atoms with Crippen LogP contribution in [0.5, 0.6) is 5.75 Å². The molecule has 0 saturated heterocycles. The number of anilines is 2. The molecule has 5 heteroatoms. The minimum atomic E-state index is 0.147. The third-order valence-electron chi connectivity index (χ3n) is 3.53. The molecule has 0 radical (unpaired) electrons. The molecular weight excluding hydrogens is 282 g/mol. The van der Waals surface area contributed by atoms with Gasteiger partial charge < -0.3 is 15.8 Å². The Morgan fingerprint density at radius 2 is 1.95 bits per heavy atom. The molecule has 0 bridgehead atoms. The number of nitrogens with one attached hydrogen (secondary N) is 1. The normalized spacial score (nSPS) is 12.3. The Morgan fingerprint density at radius 3 is 2.67 bits per heavy atom. The zero-order valence-corrected chi connectivity index (χ0v) is 12.8. The highest BCUT2D eigenvalue weighted by atomic mass is 32.1. The molecule has 21 heavy (non-hydrogen) atoms. The van der Waals surface area contributed by atoms with Crippen LogP contribution < -0.4 is 15.8 Å². The lowest BCUT2D eigenvalue weighted by Gasteiger charge is -2.17. The van der Waals surface area contributed by atoms with Crippen LogP contribution in [0.25, 0.3) is 10.2 Å². The topological polar surface area (TPSA) is 60.2 Å². The van der Waals surface area contributed by atoms with Crippen molar-refractivity contribution in [1.82, 2.24) is 4.98 Å². The summed E-state index contributed by atoms with van der Waals surface area (Å²) < 4.78 is 6.28. The Labute approximate surface area is 127 Å². The van der Waals surface area contributed by atoms with E-state index in [1.54, 1.807) is 18.4 Å². The molecule has 1 unspecified atom stereocenters. The summed E-state index contributed by atoms with van der Waals surface area (Å²) in [6.07, 6.45) is 0. The van der Waals surface area contributed by atoms with E-state index in [9.17, 15) is 0 Å². The van der Waals surface area contributed by atoms with Gasteiger partial charge in [-0.3, -0.25) is 0 Å². The Morgan fingerprint density at radius 1 is 1.19 bits per heavy atom. The van der Waals surface area contributed by atoms with Crippen LogP contribution in [-0.2, 0) is 0 Å². The molecule has 1 heterocycles. The fraction of sp³-hybridized carbons (Fsp3) is 0.188. The van der Waals surface area contributed by atoms with Crippen molar-refractivity contribution in [2.45, 2.75) is 13.0 Å². The number of thiazole rings is 1. The minimum Gasteiger partial charge on any atom is -0.497 e. The van der Waals surface area contributed by atoms with Crippen molar-refractivity contribution in [2.75, 3.05) is 18.2 Å². The van der Waals surface area contributed by atoms with Gasteiger partial charge in [0.25, 0.3) is 0 Å². The van der Waals surface area contributed by atoms with Gasteiger partial charge in [0.15, 0.2) is 0 Å². The van der Waals surface area contributed by atoms with Crippen molar-refractivity contribution < 1.29 is 4.74 Å². The molecule has 0 aliphatic carbocycles. The van der Waals surface area contributed by atoms with E-state index in [2.05, 4.69) is 17.2 Å². The van der Waals surface area contributed by atoms with Gasteiger partial charge in [-0.15, -0.1) is 11.3 Å². The minimum absolute atomic E-state index is 0.147. The van der Waals surface area contributed by atoms with Crippen molar-refractivity contribution in [3.05, 3.63) is 47.5 Å². The van der Waals surface area contributed by atoms with E-state index in [4.69, 9.17) is 10.5 Å². The average molecular weight is 299 g/mol. The lowest BCUT2D eigenvalue weighted by Crippen LogP contribution is -2.08. The molecule has 4 nitrogen and oxygen atoms in total. The Hall–Kier alpha value is -2.27. The number of rotatable bonds is 4. The van der Waals surface area contributed by atoms with E-state index in [0.717, 1.165) is 21.7 Å². The maximum atomic E-state index is 6.20. The standard InChI is InChI=1S/C16H17N3OS/c1-10(11-3-5-12(20-2)6-4-11)19-13-7-8-14-16(15(13)17)18-9-21-14/h3-10,19H,17H2,1-2H3. The lowest BCUT2D eigenvalue weighted by atomic mass is 10.1. The summed E-state index contributed by atoms with van der Waals surface area (Å²) >= 11 is 1.60. The van der Waals surface area contributed by atoms with E-state index in [-0.39, 0.29) is 6.04 Å². The van der Waals surface area contributed by atoms with Crippen LogP contribution in [0, 0.1) is 0 Å². The summed E-state index contributed by atoms with van der Waals surface area (Å²) in [5, 5.41) is 3.44. The van der Waals surface area contributed by atoms with E-state index in [0.29, 0.717) is 5.69 Å². The molecule has 3 rings (SSSR count). The molecule has 3 N–H and O–H groups in total. The van der Waals surface area contributed by atoms with E-state index in [1.165, 1.54) is 5.56 Å². The van der Waals surface area contributed by atoms with Crippen LogP contribution in [0.1, 0.15) is 18.5 Å². The first kappa shape index (κ1) is 13.7. The molecule has 0 saturated carbocycles. The predicted molar refractivity (Wildman–Crippen MR) is 89.1 cm³/mol. The highest BCUT2D eigenvalue weighted by molar-refractivity contribution is 7.16. The van der Waals surface area contributed by atoms with E-state index in [1.807, 2.05) is 41.9 Å². The van der Waals surface area contributed by atoms with Crippen LogP contribution in [-0.4, -0.2) is 12.1 Å². The second-order valence-electron chi connectivity index (χ2n) is 4.87. The van der Waals surface area contributed by atoms with Gasteiger partial charge in [0.05, 0.1) is 28.7 Å². The molecule has 0 fully saturated rings. The quantitative estimate of drug-likeness (QED) is 0.713. The van der Waals surface area contributed by atoms with Crippen LogP contribution in [0.3, 0.4) is 0 Å². The number of benzene rings is 2. The first-order valence-corrected chi connectivity index (χ1v) is 7.59. The van der Waals surface area contributed by atoms with Crippen LogP contribution in [0.15, 0.2) is 41.9 Å². The number of hydrogen-bond acceptors (Lipinski definition) is 5. The summed E-state index contributed by atoms with van der Waals surface area (Å²) in [4.78, 5) is 4.32. The molecule has 0 aliphatic rings. The first-order valence-electron chi connectivity index (χ1n) is 6.71. The summed E-state index contributed by atoms with van der Waals surface area (Å²) in [5.41, 5.74) is 11.7. The number of nitrogens with two attached hydrogens (primary N) is 1. The number of ether oxygens (including phenoxy) is 1. The van der Waals surface area contributed by atoms with E-state index >= 15 is 0 Å². The van der Waals surface area contributed by atoms with Gasteiger partial charge in [0, 0.05) is 6.04 Å². The fourth-order valence-corrected chi connectivity index (χ4v) is 2.98. The maximum Gasteiger partial charge on any atom is 0.118 e. The van der Waals surface area contributed by atoms with Gasteiger partial charge in [0.2, 0.25) is 0 Å². The third-order valence-corrected chi connectivity index (χ3v) is 4.32. The molecule has 2 aromatic carbocycles. The highest BCUT2D eigenvalue weighted by Gasteiger charge is 2.10. The third kappa shape index (κ3) is 2.64. The lowest BCUT2D eigenvalue weighted by molar-refractivity contribution is 0.414. The first-order chi connectivity index (χ1) is 10.2. The fourth-order valence-electron chi connectivity index (χ4n) is 2.29. The highest BCUT2D eigenvalue weighted by Crippen LogP contribution is 2.32.